The number of hydrogen-bond acceptors (Lipinski definition) is 5. The van der Waals surface area contributed by atoms with Gasteiger partial charge in [0.2, 0.25) is 11.8 Å². The molecule has 3 aromatic rings. The van der Waals surface area contributed by atoms with Crippen molar-refractivity contribution in [2.45, 2.75) is 45.2 Å². The van der Waals surface area contributed by atoms with Gasteiger partial charge >= 0.3 is 0 Å². The number of likely N-dealkylation sites (N-methyl/N-ethyl adjacent to an activating group) is 1. The minimum Gasteiger partial charge on any atom is -0.497 e. The molecule has 0 aliphatic rings. The van der Waals surface area contributed by atoms with E-state index in [0.29, 0.717) is 18.0 Å². The largest absolute Gasteiger partial charge is 0.497 e. The summed E-state index contributed by atoms with van der Waals surface area (Å²) in [5.41, 5.74) is 3.14. The number of sulfonamides is 1. The summed E-state index contributed by atoms with van der Waals surface area (Å²) in [4.78, 5) is 28.1. The Morgan fingerprint density at radius 3 is 2.16 bits per heavy atom. The molecule has 38 heavy (non-hydrogen) atoms. The van der Waals surface area contributed by atoms with Crippen LogP contribution in [0, 0.1) is 13.8 Å². The fourth-order valence-electron chi connectivity index (χ4n) is 3.99. The minimum absolute atomic E-state index is 0.0221. The van der Waals surface area contributed by atoms with Crippen LogP contribution < -0.4 is 14.4 Å². The Hall–Kier alpha value is -3.85. The van der Waals surface area contributed by atoms with E-state index in [-0.39, 0.29) is 17.3 Å². The molecule has 8 nitrogen and oxygen atoms in total. The van der Waals surface area contributed by atoms with E-state index in [4.69, 9.17) is 4.74 Å². The molecule has 9 heteroatoms. The van der Waals surface area contributed by atoms with Gasteiger partial charge in [-0.3, -0.25) is 13.9 Å². The molecular formula is C29H35N3O5S. The van der Waals surface area contributed by atoms with E-state index < -0.39 is 28.5 Å². The fourth-order valence-corrected chi connectivity index (χ4v) is 5.40. The summed E-state index contributed by atoms with van der Waals surface area (Å²) < 4.78 is 33.9. The number of anilines is 1. The molecule has 0 fully saturated rings. The van der Waals surface area contributed by atoms with Gasteiger partial charge in [0.1, 0.15) is 18.3 Å². The second kappa shape index (κ2) is 12.6. The number of ether oxygens (including phenoxy) is 1. The van der Waals surface area contributed by atoms with Crippen LogP contribution in [0.15, 0.2) is 77.7 Å². The lowest BCUT2D eigenvalue weighted by Crippen LogP contribution is -2.51. The maximum Gasteiger partial charge on any atom is 0.264 e. The Labute approximate surface area is 225 Å². The van der Waals surface area contributed by atoms with Crippen molar-refractivity contribution >= 4 is 27.5 Å². The second-order valence-corrected chi connectivity index (χ2v) is 10.9. The van der Waals surface area contributed by atoms with Gasteiger partial charge in [-0.05, 0) is 75.2 Å². The van der Waals surface area contributed by atoms with E-state index >= 15 is 0 Å². The Bertz CT molecular complexity index is 1360. The van der Waals surface area contributed by atoms with Crippen LogP contribution in [0.25, 0.3) is 0 Å². The van der Waals surface area contributed by atoms with Gasteiger partial charge in [-0.15, -0.1) is 0 Å². The van der Waals surface area contributed by atoms with Gasteiger partial charge in [0.25, 0.3) is 10.0 Å². The molecule has 0 unspecified atom stereocenters. The molecule has 0 aliphatic carbocycles. The number of rotatable bonds is 11. The molecule has 202 valence electrons. The molecule has 0 aliphatic heterocycles. The van der Waals surface area contributed by atoms with Crippen LogP contribution in [0.1, 0.15) is 30.5 Å². The normalized spacial score (nSPS) is 11.9. The van der Waals surface area contributed by atoms with Gasteiger partial charge in [-0.25, -0.2) is 8.42 Å². The summed E-state index contributed by atoms with van der Waals surface area (Å²) in [6.07, 6.45) is 0. The van der Waals surface area contributed by atoms with Crippen molar-refractivity contribution in [1.82, 2.24) is 10.2 Å². The standard InChI is InChI=1S/C29H35N3O5S/c1-6-30-29(34)23(4)31(19-24-10-8-7-9-22(24)3)28(33)20-32(25-13-11-21(2)12-14-25)38(35,36)27-17-15-26(37-5)16-18-27/h7-18,23H,6,19-20H2,1-5H3,(H,30,34)/t23-/m0/s1. The molecule has 0 aromatic heterocycles. The number of benzene rings is 3. The highest BCUT2D eigenvalue weighted by molar-refractivity contribution is 7.92. The number of methoxy groups -OCH3 is 1. The number of nitrogens with one attached hydrogen (secondary N) is 1. The van der Waals surface area contributed by atoms with Crippen LogP contribution in [-0.4, -0.2) is 51.4 Å². The van der Waals surface area contributed by atoms with Crippen molar-refractivity contribution in [3.8, 4) is 5.75 Å². The third-order valence-corrected chi connectivity index (χ3v) is 8.16. The lowest BCUT2D eigenvalue weighted by molar-refractivity contribution is -0.139. The topological polar surface area (TPSA) is 96.0 Å². The third-order valence-electron chi connectivity index (χ3n) is 6.37. The average Bonchev–Trinajstić information content (AvgIpc) is 2.91. The summed E-state index contributed by atoms with van der Waals surface area (Å²) in [7, 11) is -2.63. The van der Waals surface area contributed by atoms with E-state index in [2.05, 4.69) is 5.32 Å². The third kappa shape index (κ3) is 6.72. The Morgan fingerprint density at radius 1 is 0.947 bits per heavy atom. The van der Waals surface area contributed by atoms with E-state index in [9.17, 15) is 18.0 Å². The number of aryl methyl sites for hydroxylation is 2. The number of carbonyl (C=O) groups is 2. The van der Waals surface area contributed by atoms with Crippen LogP contribution in [0.5, 0.6) is 5.75 Å². The maximum absolute atomic E-state index is 13.9. The van der Waals surface area contributed by atoms with E-state index in [1.165, 1.54) is 24.1 Å². The van der Waals surface area contributed by atoms with Crippen molar-refractivity contribution in [2.75, 3.05) is 24.5 Å². The Kier molecular flexibility index (Phi) is 9.52. The van der Waals surface area contributed by atoms with Gasteiger partial charge in [0, 0.05) is 13.1 Å². The monoisotopic (exact) mass is 537 g/mol. The van der Waals surface area contributed by atoms with Gasteiger partial charge in [0.05, 0.1) is 17.7 Å². The highest BCUT2D eigenvalue weighted by atomic mass is 32.2. The summed E-state index contributed by atoms with van der Waals surface area (Å²) in [6.45, 7) is 7.38. The zero-order valence-corrected chi connectivity index (χ0v) is 23.3. The van der Waals surface area contributed by atoms with Gasteiger partial charge in [-0.2, -0.15) is 0 Å². The predicted molar refractivity (Wildman–Crippen MR) is 149 cm³/mol. The van der Waals surface area contributed by atoms with E-state index in [0.717, 1.165) is 21.0 Å². The maximum atomic E-state index is 13.9. The average molecular weight is 538 g/mol. The van der Waals surface area contributed by atoms with Crippen molar-refractivity contribution in [3.05, 3.63) is 89.5 Å². The number of carbonyl (C=O) groups excluding carboxylic acids is 2. The highest BCUT2D eigenvalue weighted by Crippen LogP contribution is 2.26. The van der Waals surface area contributed by atoms with Crippen molar-refractivity contribution in [2.24, 2.45) is 0 Å². The number of hydrogen-bond donors (Lipinski definition) is 1. The van der Waals surface area contributed by atoms with Gasteiger partial charge in [-0.1, -0.05) is 42.0 Å². The first kappa shape index (κ1) is 28.7. The number of amides is 2. The van der Waals surface area contributed by atoms with E-state index in [1.54, 1.807) is 50.2 Å². The van der Waals surface area contributed by atoms with Gasteiger partial charge in [0.15, 0.2) is 0 Å². The molecule has 2 amide bonds. The first-order valence-electron chi connectivity index (χ1n) is 12.4. The Balaban J connectivity index is 2.03. The zero-order valence-electron chi connectivity index (χ0n) is 22.5. The lowest BCUT2D eigenvalue weighted by atomic mass is 10.1. The van der Waals surface area contributed by atoms with Crippen LogP contribution in [0.3, 0.4) is 0 Å². The van der Waals surface area contributed by atoms with Crippen molar-refractivity contribution in [1.29, 1.82) is 0 Å². The summed E-state index contributed by atoms with van der Waals surface area (Å²) in [5, 5.41) is 2.76. The molecule has 0 radical (unpaired) electrons. The first-order valence-corrected chi connectivity index (χ1v) is 13.9. The first-order chi connectivity index (χ1) is 18.1. The zero-order chi connectivity index (χ0) is 27.9. The molecule has 0 spiro atoms. The highest BCUT2D eigenvalue weighted by Gasteiger charge is 2.32. The summed E-state index contributed by atoms with van der Waals surface area (Å²) >= 11 is 0. The Morgan fingerprint density at radius 2 is 1.58 bits per heavy atom. The smallest absolute Gasteiger partial charge is 0.264 e. The van der Waals surface area contributed by atoms with Crippen molar-refractivity contribution < 1.29 is 22.7 Å². The molecule has 0 saturated heterocycles. The SMILES string of the molecule is CCNC(=O)[C@H](C)N(Cc1ccccc1C)C(=O)CN(c1ccc(C)cc1)S(=O)(=O)c1ccc(OC)cc1. The molecule has 0 heterocycles. The quantitative estimate of drug-likeness (QED) is 0.398. The predicted octanol–water partition coefficient (Wildman–Crippen LogP) is 4.06. The summed E-state index contributed by atoms with van der Waals surface area (Å²) in [6, 6.07) is 19.7. The van der Waals surface area contributed by atoms with Gasteiger partial charge < -0.3 is 15.0 Å². The van der Waals surface area contributed by atoms with Crippen LogP contribution in [0.4, 0.5) is 5.69 Å². The molecule has 3 rings (SSSR count). The molecule has 1 N–H and O–H groups in total. The second-order valence-electron chi connectivity index (χ2n) is 9.04. The van der Waals surface area contributed by atoms with Crippen LogP contribution >= 0.6 is 0 Å². The lowest BCUT2D eigenvalue weighted by Gasteiger charge is -2.32. The molecule has 0 bridgehead atoms. The minimum atomic E-state index is -4.13. The molecule has 3 aromatic carbocycles. The summed E-state index contributed by atoms with van der Waals surface area (Å²) in [5.74, 6) is -0.291. The van der Waals surface area contributed by atoms with Crippen LogP contribution in [-0.2, 0) is 26.2 Å². The number of nitrogens with zero attached hydrogens (tertiary/aromatic N) is 2. The molecular weight excluding hydrogens is 502 g/mol. The molecule has 1 atom stereocenters. The van der Waals surface area contributed by atoms with Crippen LogP contribution in [0.2, 0.25) is 0 Å². The van der Waals surface area contributed by atoms with E-state index in [1.807, 2.05) is 38.1 Å². The van der Waals surface area contributed by atoms with Crippen molar-refractivity contribution in [3.63, 3.8) is 0 Å². The fraction of sp³-hybridized carbons (Fsp3) is 0.310. The molecule has 0 saturated carbocycles.